The van der Waals surface area contributed by atoms with Crippen molar-refractivity contribution < 1.29 is 14.7 Å². The molecule has 2 aromatic rings. The van der Waals surface area contributed by atoms with Crippen LogP contribution in [0.5, 0.6) is 0 Å². The number of amides is 1. The Bertz CT molecular complexity index is 874. The van der Waals surface area contributed by atoms with E-state index >= 15 is 0 Å². The first-order valence-corrected chi connectivity index (χ1v) is 8.06. The Kier molecular flexibility index (Phi) is 4.52. The molecule has 6 nitrogen and oxygen atoms in total. The van der Waals surface area contributed by atoms with Gasteiger partial charge >= 0.3 is 5.97 Å². The molecule has 0 atom stereocenters. The maximum Gasteiger partial charge on any atom is 0.337 e. The minimum absolute atomic E-state index is 0.0793. The molecule has 0 fully saturated rings. The second-order valence-corrected chi connectivity index (χ2v) is 5.85. The summed E-state index contributed by atoms with van der Waals surface area (Å²) in [4.78, 5) is 24.7. The van der Waals surface area contributed by atoms with Gasteiger partial charge in [-0.3, -0.25) is 10.2 Å². The van der Waals surface area contributed by atoms with Gasteiger partial charge in [-0.05, 0) is 41.8 Å². The number of nitrogens with zero attached hydrogens (tertiary/aromatic N) is 2. The number of hydrogen-bond acceptors (Lipinski definition) is 4. The minimum Gasteiger partial charge on any atom is -0.478 e. The molecule has 0 unspecified atom stereocenters. The highest BCUT2D eigenvalue weighted by molar-refractivity contribution is 6.05. The van der Waals surface area contributed by atoms with Crippen LogP contribution in [0.1, 0.15) is 34.8 Å². The van der Waals surface area contributed by atoms with E-state index in [4.69, 9.17) is 0 Å². The first-order valence-electron chi connectivity index (χ1n) is 8.06. The Labute approximate surface area is 145 Å². The zero-order valence-corrected chi connectivity index (χ0v) is 14.1. The maximum atomic E-state index is 11.8. The zero-order valence-electron chi connectivity index (χ0n) is 14.1. The number of benzene rings is 2. The van der Waals surface area contributed by atoms with E-state index in [9.17, 15) is 14.7 Å². The van der Waals surface area contributed by atoms with Gasteiger partial charge < -0.3 is 10.0 Å². The molecular formula is C19H19N3O3. The Hall–Kier alpha value is -3.15. The van der Waals surface area contributed by atoms with E-state index in [1.165, 1.54) is 6.07 Å². The highest BCUT2D eigenvalue weighted by atomic mass is 16.4. The number of fused-ring (bicyclic) bond motifs is 1. The van der Waals surface area contributed by atoms with E-state index < -0.39 is 5.97 Å². The molecule has 1 amide bonds. The van der Waals surface area contributed by atoms with Gasteiger partial charge in [-0.2, -0.15) is 5.10 Å². The molecule has 2 aromatic carbocycles. The molecule has 1 heterocycles. The number of nitrogens with one attached hydrogen (secondary N) is 1. The van der Waals surface area contributed by atoms with Crippen molar-refractivity contribution in [2.24, 2.45) is 5.10 Å². The number of carbonyl (C=O) groups is 2. The molecule has 0 saturated heterocycles. The van der Waals surface area contributed by atoms with Crippen LogP contribution in [-0.4, -0.2) is 29.7 Å². The molecule has 0 saturated carbocycles. The van der Waals surface area contributed by atoms with E-state index in [-0.39, 0.29) is 11.5 Å². The first kappa shape index (κ1) is 16.7. The van der Waals surface area contributed by atoms with Crippen molar-refractivity contribution in [2.45, 2.75) is 19.8 Å². The third kappa shape index (κ3) is 3.24. The zero-order chi connectivity index (χ0) is 18.0. The van der Waals surface area contributed by atoms with Crippen LogP contribution in [0.15, 0.2) is 47.6 Å². The predicted octanol–water partition coefficient (Wildman–Crippen LogP) is 3.13. The Balaban J connectivity index is 1.89. The highest BCUT2D eigenvalue weighted by Gasteiger charge is 2.24. The summed E-state index contributed by atoms with van der Waals surface area (Å²) >= 11 is 0. The Morgan fingerprint density at radius 2 is 2.04 bits per heavy atom. The van der Waals surface area contributed by atoms with Crippen LogP contribution in [0.25, 0.3) is 0 Å². The molecule has 0 spiro atoms. The predicted molar refractivity (Wildman–Crippen MR) is 97.4 cm³/mol. The smallest absolute Gasteiger partial charge is 0.337 e. The van der Waals surface area contributed by atoms with Gasteiger partial charge in [0.2, 0.25) is 5.91 Å². The van der Waals surface area contributed by atoms with E-state index in [2.05, 4.69) is 10.5 Å². The van der Waals surface area contributed by atoms with Crippen LogP contribution >= 0.6 is 0 Å². The van der Waals surface area contributed by atoms with E-state index in [0.717, 1.165) is 22.5 Å². The Morgan fingerprint density at radius 1 is 1.28 bits per heavy atom. The SMILES string of the molecule is CC/C(=N\Nc1ccccc1C(=O)O)c1ccc2c(c1)CC(=O)N2C. The van der Waals surface area contributed by atoms with Crippen molar-refractivity contribution in [3.05, 3.63) is 59.2 Å². The number of carboxylic acids is 1. The molecule has 0 aliphatic carbocycles. The molecule has 1 aliphatic heterocycles. The van der Waals surface area contributed by atoms with Crippen LogP contribution in [0, 0.1) is 0 Å². The Morgan fingerprint density at radius 3 is 2.76 bits per heavy atom. The van der Waals surface area contributed by atoms with E-state index in [1.807, 2.05) is 25.1 Å². The molecule has 0 aromatic heterocycles. The van der Waals surface area contributed by atoms with Crippen molar-refractivity contribution in [3.63, 3.8) is 0 Å². The number of aromatic carboxylic acids is 1. The third-order valence-electron chi connectivity index (χ3n) is 4.29. The monoisotopic (exact) mass is 337 g/mol. The third-order valence-corrected chi connectivity index (χ3v) is 4.29. The number of para-hydroxylation sites is 1. The summed E-state index contributed by atoms with van der Waals surface area (Å²) in [6.07, 6.45) is 1.07. The molecule has 0 bridgehead atoms. The topological polar surface area (TPSA) is 82.0 Å². The van der Waals surface area contributed by atoms with Crippen LogP contribution in [0.4, 0.5) is 11.4 Å². The lowest BCUT2D eigenvalue weighted by Crippen LogP contribution is -2.20. The van der Waals surface area contributed by atoms with Gasteiger partial charge in [0.15, 0.2) is 0 Å². The molecule has 25 heavy (non-hydrogen) atoms. The van der Waals surface area contributed by atoms with Gasteiger partial charge in [-0.15, -0.1) is 0 Å². The van der Waals surface area contributed by atoms with Crippen molar-refractivity contribution in [1.29, 1.82) is 0 Å². The normalized spacial score (nSPS) is 13.8. The van der Waals surface area contributed by atoms with Gasteiger partial charge in [-0.1, -0.05) is 25.1 Å². The average molecular weight is 337 g/mol. The summed E-state index contributed by atoms with van der Waals surface area (Å²) in [5, 5.41) is 13.6. The van der Waals surface area contributed by atoms with Gasteiger partial charge in [0.05, 0.1) is 23.4 Å². The summed E-state index contributed by atoms with van der Waals surface area (Å²) in [7, 11) is 1.77. The fourth-order valence-electron chi connectivity index (χ4n) is 2.89. The number of hydrogen-bond donors (Lipinski definition) is 2. The average Bonchev–Trinajstić information content (AvgIpc) is 2.89. The maximum absolute atomic E-state index is 11.8. The molecule has 3 rings (SSSR count). The number of carboxylic acid groups (broad SMARTS) is 1. The lowest BCUT2D eigenvalue weighted by Gasteiger charge is -2.12. The molecule has 1 aliphatic rings. The molecular weight excluding hydrogens is 318 g/mol. The largest absolute Gasteiger partial charge is 0.478 e. The van der Waals surface area contributed by atoms with Crippen LogP contribution in [0.3, 0.4) is 0 Å². The fraction of sp³-hybridized carbons (Fsp3) is 0.211. The molecule has 0 radical (unpaired) electrons. The minimum atomic E-state index is -1.00. The van der Waals surface area contributed by atoms with E-state index in [0.29, 0.717) is 18.5 Å². The van der Waals surface area contributed by atoms with Crippen LogP contribution in [-0.2, 0) is 11.2 Å². The van der Waals surface area contributed by atoms with Gasteiger partial charge in [0.1, 0.15) is 0 Å². The molecule has 6 heteroatoms. The molecule has 2 N–H and O–H groups in total. The highest BCUT2D eigenvalue weighted by Crippen LogP contribution is 2.28. The van der Waals surface area contributed by atoms with Gasteiger partial charge in [-0.25, -0.2) is 4.79 Å². The lowest BCUT2D eigenvalue weighted by atomic mass is 10.0. The van der Waals surface area contributed by atoms with Gasteiger partial charge in [0.25, 0.3) is 0 Å². The van der Waals surface area contributed by atoms with Gasteiger partial charge in [0, 0.05) is 12.7 Å². The molecule has 128 valence electrons. The summed E-state index contributed by atoms with van der Waals surface area (Å²) in [6.45, 7) is 1.98. The summed E-state index contributed by atoms with van der Waals surface area (Å²) < 4.78 is 0. The summed E-state index contributed by atoms with van der Waals surface area (Å²) in [5.41, 5.74) is 7.10. The van der Waals surface area contributed by atoms with Crippen molar-refractivity contribution >= 4 is 29.0 Å². The second kappa shape index (κ2) is 6.76. The fourth-order valence-corrected chi connectivity index (χ4v) is 2.89. The first-order chi connectivity index (χ1) is 12.0. The number of carbonyl (C=O) groups excluding carboxylic acids is 1. The van der Waals surface area contributed by atoms with E-state index in [1.54, 1.807) is 30.1 Å². The summed E-state index contributed by atoms with van der Waals surface area (Å²) in [6, 6.07) is 12.5. The number of hydrazone groups is 1. The van der Waals surface area contributed by atoms with Crippen molar-refractivity contribution in [2.75, 3.05) is 17.4 Å². The second-order valence-electron chi connectivity index (χ2n) is 5.85. The summed E-state index contributed by atoms with van der Waals surface area (Å²) in [5.74, 6) is -0.925. The van der Waals surface area contributed by atoms with Crippen LogP contribution < -0.4 is 10.3 Å². The quantitative estimate of drug-likeness (QED) is 0.649. The van der Waals surface area contributed by atoms with Crippen molar-refractivity contribution in [1.82, 2.24) is 0 Å². The van der Waals surface area contributed by atoms with Crippen molar-refractivity contribution in [3.8, 4) is 0 Å². The number of rotatable bonds is 5. The lowest BCUT2D eigenvalue weighted by molar-refractivity contribution is -0.117. The number of likely N-dealkylation sites (N-methyl/N-ethyl adjacent to an activating group) is 1. The number of anilines is 2. The standard InChI is InChI=1S/C19H19N3O3/c1-3-15(20-21-16-7-5-4-6-14(16)19(24)25)12-8-9-17-13(10-12)11-18(23)22(17)2/h4-10,21H,3,11H2,1-2H3,(H,24,25)/b20-15+. The van der Waals surface area contributed by atoms with Crippen LogP contribution in [0.2, 0.25) is 0 Å².